The van der Waals surface area contributed by atoms with Gasteiger partial charge in [-0.05, 0) is 18.8 Å². The highest BCUT2D eigenvalue weighted by molar-refractivity contribution is 4.86. The molecular formula is C15H32N2O2. The fourth-order valence-electron chi connectivity index (χ4n) is 2.59. The van der Waals surface area contributed by atoms with Crippen molar-refractivity contribution in [3.05, 3.63) is 0 Å². The average molecular weight is 272 g/mol. The van der Waals surface area contributed by atoms with Gasteiger partial charge in [-0.2, -0.15) is 0 Å². The van der Waals surface area contributed by atoms with E-state index < -0.39 is 0 Å². The molecule has 1 aliphatic heterocycles. The lowest BCUT2D eigenvalue weighted by atomic mass is 9.98. The Morgan fingerprint density at radius 1 is 1.26 bits per heavy atom. The van der Waals surface area contributed by atoms with Gasteiger partial charge in [0.15, 0.2) is 0 Å². The van der Waals surface area contributed by atoms with Crippen LogP contribution in [0.4, 0.5) is 0 Å². The summed E-state index contributed by atoms with van der Waals surface area (Å²) in [5.41, 5.74) is 0. The quantitative estimate of drug-likeness (QED) is 0.648. The van der Waals surface area contributed by atoms with E-state index in [1.807, 2.05) is 0 Å². The van der Waals surface area contributed by atoms with Gasteiger partial charge in [0.25, 0.3) is 0 Å². The van der Waals surface area contributed by atoms with Crippen LogP contribution in [0.2, 0.25) is 0 Å². The van der Waals surface area contributed by atoms with Crippen molar-refractivity contribution in [1.82, 2.24) is 10.2 Å². The SMILES string of the molecule is CCC1CNC(C(C)C)CN1CCOCCCOC. The summed E-state index contributed by atoms with van der Waals surface area (Å²) in [6, 6.07) is 1.29. The molecule has 0 bridgehead atoms. The van der Waals surface area contributed by atoms with E-state index in [2.05, 4.69) is 31.0 Å². The molecule has 0 radical (unpaired) electrons. The Morgan fingerprint density at radius 3 is 2.68 bits per heavy atom. The van der Waals surface area contributed by atoms with E-state index in [9.17, 15) is 0 Å². The normalized spacial score (nSPS) is 25.1. The largest absolute Gasteiger partial charge is 0.385 e. The van der Waals surface area contributed by atoms with Crippen molar-refractivity contribution in [2.45, 2.75) is 45.7 Å². The maximum Gasteiger partial charge on any atom is 0.0593 e. The molecule has 0 saturated carbocycles. The second kappa shape index (κ2) is 9.70. The number of piperazine rings is 1. The van der Waals surface area contributed by atoms with Crippen molar-refractivity contribution < 1.29 is 9.47 Å². The summed E-state index contributed by atoms with van der Waals surface area (Å²) in [6.07, 6.45) is 2.20. The lowest BCUT2D eigenvalue weighted by Gasteiger charge is -2.41. The second-order valence-corrected chi connectivity index (χ2v) is 5.77. The Hall–Kier alpha value is -0.160. The van der Waals surface area contributed by atoms with Gasteiger partial charge in [-0.3, -0.25) is 4.90 Å². The van der Waals surface area contributed by atoms with Crippen molar-refractivity contribution >= 4 is 0 Å². The predicted octanol–water partition coefficient (Wildman–Crippen LogP) is 1.75. The van der Waals surface area contributed by atoms with Crippen LogP contribution in [-0.4, -0.2) is 63.5 Å². The molecule has 0 amide bonds. The van der Waals surface area contributed by atoms with Gasteiger partial charge >= 0.3 is 0 Å². The van der Waals surface area contributed by atoms with Crippen LogP contribution in [0.25, 0.3) is 0 Å². The van der Waals surface area contributed by atoms with E-state index in [0.29, 0.717) is 18.0 Å². The Balaban J connectivity index is 2.23. The molecular weight excluding hydrogens is 240 g/mol. The summed E-state index contributed by atoms with van der Waals surface area (Å²) in [5.74, 6) is 0.697. The van der Waals surface area contributed by atoms with Gasteiger partial charge in [-0.15, -0.1) is 0 Å². The third-order valence-electron chi connectivity index (χ3n) is 4.00. The van der Waals surface area contributed by atoms with Crippen LogP contribution in [0, 0.1) is 5.92 Å². The van der Waals surface area contributed by atoms with E-state index in [0.717, 1.165) is 45.9 Å². The summed E-state index contributed by atoms with van der Waals surface area (Å²) < 4.78 is 10.7. The number of rotatable bonds is 9. The van der Waals surface area contributed by atoms with E-state index in [4.69, 9.17) is 9.47 Å². The molecule has 4 nitrogen and oxygen atoms in total. The summed E-state index contributed by atoms with van der Waals surface area (Å²) in [4.78, 5) is 2.59. The van der Waals surface area contributed by atoms with Crippen molar-refractivity contribution in [3.63, 3.8) is 0 Å². The number of hydrogen-bond acceptors (Lipinski definition) is 4. The number of ether oxygens (including phenoxy) is 2. The summed E-state index contributed by atoms with van der Waals surface area (Å²) in [6.45, 7) is 12.6. The maximum absolute atomic E-state index is 5.68. The number of nitrogens with zero attached hydrogens (tertiary/aromatic N) is 1. The lowest BCUT2D eigenvalue weighted by molar-refractivity contribution is 0.0502. The van der Waals surface area contributed by atoms with Gasteiger partial charge < -0.3 is 14.8 Å². The van der Waals surface area contributed by atoms with Gasteiger partial charge in [0.1, 0.15) is 0 Å². The maximum atomic E-state index is 5.68. The van der Waals surface area contributed by atoms with Crippen LogP contribution in [0.5, 0.6) is 0 Å². The third-order valence-corrected chi connectivity index (χ3v) is 4.00. The van der Waals surface area contributed by atoms with Crippen molar-refractivity contribution in [2.24, 2.45) is 5.92 Å². The zero-order valence-electron chi connectivity index (χ0n) is 13.2. The van der Waals surface area contributed by atoms with Gasteiger partial charge in [0.05, 0.1) is 6.61 Å². The van der Waals surface area contributed by atoms with Crippen LogP contribution in [0.15, 0.2) is 0 Å². The van der Waals surface area contributed by atoms with E-state index in [1.165, 1.54) is 6.42 Å². The second-order valence-electron chi connectivity index (χ2n) is 5.77. The molecule has 1 aliphatic rings. The first-order chi connectivity index (χ1) is 9.19. The van der Waals surface area contributed by atoms with E-state index in [1.54, 1.807) is 7.11 Å². The zero-order valence-corrected chi connectivity index (χ0v) is 13.2. The average Bonchev–Trinajstić information content (AvgIpc) is 2.42. The van der Waals surface area contributed by atoms with Gasteiger partial charge in [0, 0.05) is 52.0 Å². The first-order valence-corrected chi connectivity index (χ1v) is 7.73. The molecule has 1 rings (SSSR count). The predicted molar refractivity (Wildman–Crippen MR) is 79.6 cm³/mol. The van der Waals surface area contributed by atoms with Crippen molar-refractivity contribution in [2.75, 3.05) is 46.6 Å². The molecule has 1 saturated heterocycles. The highest BCUT2D eigenvalue weighted by Crippen LogP contribution is 2.14. The molecule has 1 heterocycles. The molecule has 1 fully saturated rings. The van der Waals surface area contributed by atoms with Crippen molar-refractivity contribution in [3.8, 4) is 0 Å². The minimum atomic E-state index is 0.622. The van der Waals surface area contributed by atoms with Gasteiger partial charge in [-0.25, -0.2) is 0 Å². The molecule has 2 unspecified atom stereocenters. The first-order valence-electron chi connectivity index (χ1n) is 7.73. The van der Waals surface area contributed by atoms with Gasteiger partial charge in [-0.1, -0.05) is 20.8 Å². The molecule has 1 N–H and O–H groups in total. The highest BCUT2D eigenvalue weighted by atomic mass is 16.5. The standard InChI is InChI=1S/C15H32N2O2/c1-5-14-11-16-15(13(2)3)12-17(14)7-10-19-9-6-8-18-4/h13-16H,5-12H2,1-4H3. The minimum Gasteiger partial charge on any atom is -0.385 e. The molecule has 0 aliphatic carbocycles. The minimum absolute atomic E-state index is 0.622. The van der Waals surface area contributed by atoms with Crippen molar-refractivity contribution in [1.29, 1.82) is 0 Å². The Kier molecular flexibility index (Phi) is 8.62. The fourth-order valence-corrected chi connectivity index (χ4v) is 2.59. The summed E-state index contributed by atoms with van der Waals surface area (Å²) in [7, 11) is 1.73. The molecule has 0 aromatic rings. The smallest absolute Gasteiger partial charge is 0.0593 e. The molecule has 0 aromatic heterocycles. The van der Waals surface area contributed by atoms with E-state index in [-0.39, 0.29) is 0 Å². The number of methoxy groups -OCH3 is 1. The van der Waals surface area contributed by atoms with Gasteiger partial charge in [0.2, 0.25) is 0 Å². The zero-order chi connectivity index (χ0) is 14.1. The monoisotopic (exact) mass is 272 g/mol. The first kappa shape index (κ1) is 16.9. The van der Waals surface area contributed by atoms with Crippen LogP contribution in [-0.2, 0) is 9.47 Å². The highest BCUT2D eigenvalue weighted by Gasteiger charge is 2.27. The molecule has 4 heteroatoms. The van der Waals surface area contributed by atoms with Crippen LogP contribution in [0.1, 0.15) is 33.6 Å². The summed E-state index contributed by atoms with van der Waals surface area (Å²) in [5, 5.41) is 3.67. The Labute approximate surface area is 118 Å². The third kappa shape index (κ3) is 6.21. The van der Waals surface area contributed by atoms with Crippen LogP contribution >= 0.6 is 0 Å². The molecule has 114 valence electrons. The Bertz CT molecular complexity index is 224. The topological polar surface area (TPSA) is 33.7 Å². The molecule has 2 atom stereocenters. The molecule has 0 aromatic carbocycles. The number of hydrogen-bond donors (Lipinski definition) is 1. The van der Waals surface area contributed by atoms with Crippen LogP contribution in [0.3, 0.4) is 0 Å². The summed E-state index contributed by atoms with van der Waals surface area (Å²) >= 11 is 0. The Morgan fingerprint density at radius 2 is 2.05 bits per heavy atom. The fraction of sp³-hybridized carbons (Fsp3) is 1.00. The molecule has 19 heavy (non-hydrogen) atoms. The lowest BCUT2D eigenvalue weighted by Crippen LogP contribution is -2.58. The van der Waals surface area contributed by atoms with Crippen LogP contribution < -0.4 is 5.32 Å². The molecule has 0 spiro atoms. The number of nitrogens with one attached hydrogen (secondary N) is 1. The van der Waals surface area contributed by atoms with E-state index >= 15 is 0 Å².